The first kappa shape index (κ1) is 18.0. The van der Waals surface area contributed by atoms with Gasteiger partial charge in [0.15, 0.2) is 0 Å². The van der Waals surface area contributed by atoms with Gasteiger partial charge >= 0.3 is 12.1 Å². The molecule has 146 valence electrons. The highest BCUT2D eigenvalue weighted by Gasteiger charge is 2.26. The molecular weight excluding hydrogens is 376 g/mol. The summed E-state index contributed by atoms with van der Waals surface area (Å²) in [6, 6.07) is 10.5. The Morgan fingerprint density at radius 2 is 1.79 bits per heavy atom. The number of ether oxygens (including phenoxy) is 1. The first-order valence-corrected chi connectivity index (χ1v) is 8.50. The predicted octanol–water partition coefficient (Wildman–Crippen LogP) is 4.04. The van der Waals surface area contributed by atoms with Gasteiger partial charge in [-0.3, -0.25) is 10.2 Å². The number of aromatic nitrogens is 2. The number of fused-ring (bicyclic) bond motifs is 3. The van der Waals surface area contributed by atoms with Crippen LogP contribution in [0.5, 0.6) is 11.5 Å². The highest BCUT2D eigenvalue weighted by atomic mass is 16.5. The van der Waals surface area contributed by atoms with Crippen molar-refractivity contribution in [2.75, 3.05) is 12.4 Å². The van der Waals surface area contributed by atoms with E-state index in [2.05, 4.69) is 25.7 Å². The third-order valence-electron chi connectivity index (χ3n) is 4.48. The quantitative estimate of drug-likeness (QED) is 0.333. The van der Waals surface area contributed by atoms with Gasteiger partial charge in [0.2, 0.25) is 0 Å². The fourth-order valence-electron chi connectivity index (χ4n) is 3.27. The summed E-state index contributed by atoms with van der Waals surface area (Å²) >= 11 is 0. The highest BCUT2D eigenvalue weighted by Crippen LogP contribution is 2.49. The van der Waals surface area contributed by atoms with E-state index < -0.39 is 12.1 Å². The Balaban J connectivity index is 1.81. The number of carbonyl (C=O) groups excluding carboxylic acids is 2. The number of hydrogen-bond donors (Lipinski definition) is 5. The number of azo groups is 1. The summed E-state index contributed by atoms with van der Waals surface area (Å²) in [5.41, 5.74) is 7.93. The first-order chi connectivity index (χ1) is 14.0. The molecule has 0 aromatic heterocycles. The Hall–Kier alpha value is -4.34. The van der Waals surface area contributed by atoms with Gasteiger partial charge in [-0.05, 0) is 30.3 Å². The van der Waals surface area contributed by atoms with Crippen molar-refractivity contribution in [2.24, 2.45) is 16.0 Å². The maximum absolute atomic E-state index is 11.9. The van der Waals surface area contributed by atoms with E-state index in [-0.39, 0.29) is 5.75 Å². The van der Waals surface area contributed by atoms with Crippen LogP contribution in [0.25, 0.3) is 33.3 Å². The summed E-state index contributed by atoms with van der Waals surface area (Å²) in [5, 5.41) is 26.9. The monoisotopic (exact) mass is 392 g/mol. The minimum Gasteiger partial charge on any atom is -0.506 e. The van der Waals surface area contributed by atoms with Gasteiger partial charge in [0, 0.05) is 10.9 Å². The molecule has 29 heavy (non-hydrogen) atoms. The topological polar surface area (TPSA) is 158 Å². The number of carbonyl (C=O) groups is 2. The molecule has 0 saturated carbocycles. The molecule has 4 amide bonds. The third kappa shape index (κ3) is 3.12. The van der Waals surface area contributed by atoms with Crippen LogP contribution in [0.1, 0.15) is 0 Å². The number of nitrogens with two attached hydrogens (primary N) is 1. The van der Waals surface area contributed by atoms with Crippen LogP contribution in [0.4, 0.5) is 15.3 Å². The fraction of sp³-hybridized carbons (Fsp3) is 0.0526. The van der Waals surface area contributed by atoms with Crippen LogP contribution in [0.2, 0.25) is 0 Å². The van der Waals surface area contributed by atoms with Gasteiger partial charge in [0.1, 0.15) is 11.5 Å². The minimum absolute atomic E-state index is 0.0129. The van der Waals surface area contributed by atoms with Crippen molar-refractivity contribution < 1.29 is 19.4 Å². The van der Waals surface area contributed by atoms with Crippen LogP contribution in [0.15, 0.2) is 52.7 Å². The summed E-state index contributed by atoms with van der Waals surface area (Å²) in [7, 11) is 1.59. The number of amides is 4. The number of hydrogen-bond acceptors (Lipinski definition) is 4. The molecule has 1 aliphatic carbocycles. The van der Waals surface area contributed by atoms with E-state index >= 15 is 0 Å². The summed E-state index contributed by atoms with van der Waals surface area (Å²) in [6.45, 7) is 0. The van der Waals surface area contributed by atoms with Gasteiger partial charge in [-0.15, -0.1) is 0 Å². The van der Waals surface area contributed by atoms with Crippen LogP contribution in [0, 0.1) is 0 Å². The van der Waals surface area contributed by atoms with Crippen LogP contribution in [-0.2, 0) is 0 Å². The van der Waals surface area contributed by atoms with Gasteiger partial charge in [0.05, 0.1) is 35.1 Å². The Labute approximate surface area is 163 Å². The average molecular weight is 392 g/mol. The number of nitrogens with zero attached hydrogens (tertiary/aromatic N) is 2. The molecule has 1 aliphatic heterocycles. The van der Waals surface area contributed by atoms with E-state index in [1.165, 1.54) is 0 Å². The van der Waals surface area contributed by atoms with E-state index in [9.17, 15) is 14.7 Å². The molecule has 0 saturated heterocycles. The molecule has 10 heteroatoms. The van der Waals surface area contributed by atoms with Crippen molar-refractivity contribution in [3.05, 3.63) is 42.5 Å². The number of primary amides is 1. The van der Waals surface area contributed by atoms with Crippen molar-refractivity contribution in [1.29, 1.82) is 0 Å². The van der Waals surface area contributed by atoms with Gasteiger partial charge in [-0.25, -0.2) is 9.59 Å². The maximum Gasteiger partial charge on any atom is 0.364 e. The normalized spacial score (nSPS) is 11.3. The van der Waals surface area contributed by atoms with Crippen molar-refractivity contribution in [1.82, 2.24) is 10.2 Å². The summed E-state index contributed by atoms with van der Waals surface area (Å²) < 4.78 is 5.18. The Morgan fingerprint density at radius 1 is 1.07 bits per heavy atom. The minimum atomic E-state index is -1.08. The van der Waals surface area contributed by atoms with Crippen LogP contribution < -0.4 is 15.8 Å². The third-order valence-corrected chi connectivity index (χ3v) is 4.48. The highest BCUT2D eigenvalue weighted by molar-refractivity contribution is 6.16. The largest absolute Gasteiger partial charge is 0.506 e. The smallest absolute Gasteiger partial charge is 0.364 e. The molecule has 6 N–H and O–H groups in total. The molecule has 10 nitrogen and oxygen atoms in total. The molecule has 2 aromatic rings. The molecule has 0 unspecified atom stereocenters. The Kier molecular flexibility index (Phi) is 4.36. The van der Waals surface area contributed by atoms with Gasteiger partial charge in [0.25, 0.3) is 0 Å². The molecule has 0 fully saturated rings. The Bertz CT molecular complexity index is 1220. The number of nitrogens with one attached hydrogen (secondary N) is 3. The average Bonchev–Trinajstić information content (AvgIpc) is 3.27. The SMILES string of the molecule is COc1ccc(-c2[nH][nH]c3c4cccc(NC(=O)/N=N/C(N)=O)c4c(O)c2-3)cc1. The lowest BCUT2D eigenvalue weighted by molar-refractivity contribution is 0.250. The number of aromatic amines is 2. The summed E-state index contributed by atoms with van der Waals surface area (Å²) in [5.74, 6) is 0.702. The van der Waals surface area contributed by atoms with E-state index in [1.807, 2.05) is 24.3 Å². The second-order valence-corrected chi connectivity index (χ2v) is 6.15. The van der Waals surface area contributed by atoms with E-state index in [0.717, 1.165) is 5.56 Å². The van der Waals surface area contributed by atoms with Crippen molar-refractivity contribution in [2.45, 2.75) is 0 Å². The first-order valence-electron chi connectivity index (χ1n) is 8.50. The number of benzene rings is 2. The number of H-pyrrole nitrogens is 2. The zero-order chi connectivity index (χ0) is 20.5. The molecular formula is C19H16N6O4. The lowest BCUT2D eigenvalue weighted by Crippen LogP contribution is -2.08. The number of urea groups is 2. The molecule has 2 aliphatic rings. The second-order valence-electron chi connectivity index (χ2n) is 6.15. The van der Waals surface area contributed by atoms with Gasteiger partial charge < -0.3 is 20.9 Å². The molecule has 0 bridgehead atoms. The van der Waals surface area contributed by atoms with Crippen molar-refractivity contribution in [3.8, 4) is 34.0 Å². The summed E-state index contributed by atoms with van der Waals surface area (Å²) in [4.78, 5) is 22.5. The number of methoxy groups -OCH3 is 1. The van der Waals surface area contributed by atoms with Crippen molar-refractivity contribution >= 4 is 28.5 Å². The van der Waals surface area contributed by atoms with Crippen LogP contribution >= 0.6 is 0 Å². The van der Waals surface area contributed by atoms with E-state index in [1.54, 1.807) is 25.3 Å². The van der Waals surface area contributed by atoms with E-state index in [4.69, 9.17) is 10.5 Å². The zero-order valence-electron chi connectivity index (χ0n) is 15.2. The molecule has 4 rings (SSSR count). The molecule has 1 heterocycles. The van der Waals surface area contributed by atoms with Crippen LogP contribution in [-0.4, -0.2) is 34.5 Å². The molecule has 2 aromatic carbocycles. The van der Waals surface area contributed by atoms with Gasteiger partial charge in [-0.2, -0.15) is 0 Å². The maximum atomic E-state index is 11.9. The van der Waals surface area contributed by atoms with Gasteiger partial charge in [-0.1, -0.05) is 22.4 Å². The predicted molar refractivity (Wildman–Crippen MR) is 106 cm³/mol. The van der Waals surface area contributed by atoms with Crippen LogP contribution in [0.3, 0.4) is 0 Å². The fourth-order valence-corrected chi connectivity index (χ4v) is 3.27. The number of rotatable bonds is 3. The standard InChI is InChI=1S/C19H16N6O4/c1-29-10-7-5-9(6-8-10)15-14-16(23-22-15)11-3-2-4-12(13(11)17(14)26)21-19(28)25-24-18(20)27/h2-8,22-23,26H,1H3,(H2,20,27)(H,21,28)/b25-24+. The lowest BCUT2D eigenvalue weighted by atomic mass is 10.1. The lowest BCUT2D eigenvalue weighted by Gasteiger charge is -2.05. The van der Waals surface area contributed by atoms with E-state index in [0.29, 0.717) is 39.2 Å². The second kappa shape index (κ2) is 7.00. The van der Waals surface area contributed by atoms with Crippen molar-refractivity contribution in [3.63, 3.8) is 0 Å². The summed E-state index contributed by atoms with van der Waals surface area (Å²) in [6.07, 6.45) is 0. The molecule has 0 spiro atoms. The molecule has 0 atom stereocenters. The number of anilines is 1. The zero-order valence-corrected chi connectivity index (χ0v) is 15.2. The Morgan fingerprint density at radius 3 is 2.48 bits per heavy atom. The molecule has 0 radical (unpaired) electrons. The number of aromatic hydroxyl groups is 1.